The van der Waals surface area contributed by atoms with Crippen molar-refractivity contribution in [3.05, 3.63) is 35.9 Å². The number of halogens is 2. The molecule has 1 aromatic carbocycles. The third-order valence-corrected chi connectivity index (χ3v) is 5.45. The predicted octanol–water partition coefficient (Wildman–Crippen LogP) is 3.75. The predicted molar refractivity (Wildman–Crippen MR) is 114 cm³/mol. The Hall–Kier alpha value is -0.810. The molecule has 2 N–H and O–H groups in total. The van der Waals surface area contributed by atoms with Crippen LogP contribution in [-0.2, 0) is 4.79 Å². The first-order valence-electron chi connectivity index (χ1n) is 9.38. The molecule has 0 aromatic heterocycles. The number of carbonyl (C=O) groups excluding carboxylic acids is 1. The lowest BCUT2D eigenvalue weighted by Crippen LogP contribution is -2.45. The van der Waals surface area contributed by atoms with Crippen molar-refractivity contribution in [2.45, 2.75) is 39.7 Å². The molecule has 1 aliphatic heterocycles. The van der Waals surface area contributed by atoms with Gasteiger partial charge in [0.2, 0.25) is 5.91 Å². The van der Waals surface area contributed by atoms with Crippen LogP contribution < -0.4 is 5.73 Å². The van der Waals surface area contributed by atoms with Crippen molar-refractivity contribution in [3.8, 4) is 0 Å². The molecule has 0 saturated carbocycles. The van der Waals surface area contributed by atoms with Crippen LogP contribution in [0.25, 0.3) is 0 Å². The standard InChI is InChI=1S/C20H33N3O.2ClH/c1-4-22(5-2)15-17-11-13-23(14-12-17)20(24)16(3)19(21)18-9-7-6-8-10-18;;/h6-10,16-17,19H,4-5,11-15,21H2,1-3H3;2*1H. The van der Waals surface area contributed by atoms with Gasteiger partial charge in [-0.3, -0.25) is 4.79 Å². The number of amides is 1. The number of nitrogens with two attached hydrogens (primary N) is 1. The molecule has 1 fully saturated rings. The lowest BCUT2D eigenvalue weighted by Gasteiger charge is -2.36. The fourth-order valence-corrected chi connectivity index (χ4v) is 3.59. The van der Waals surface area contributed by atoms with E-state index in [2.05, 4.69) is 18.7 Å². The first-order chi connectivity index (χ1) is 11.6. The first kappa shape index (κ1) is 25.2. The van der Waals surface area contributed by atoms with Crippen LogP contribution in [0.5, 0.6) is 0 Å². The molecule has 0 spiro atoms. The van der Waals surface area contributed by atoms with E-state index in [-0.39, 0.29) is 42.7 Å². The van der Waals surface area contributed by atoms with Gasteiger partial charge in [0, 0.05) is 25.7 Å². The second kappa shape index (κ2) is 12.6. The SMILES string of the molecule is CCN(CC)CC1CCN(C(=O)C(C)C(N)c2ccccc2)CC1.Cl.Cl. The van der Waals surface area contributed by atoms with Crippen LogP contribution in [0.1, 0.15) is 45.2 Å². The molecular formula is C20H35Cl2N3O. The van der Waals surface area contributed by atoms with Crippen molar-refractivity contribution < 1.29 is 4.79 Å². The van der Waals surface area contributed by atoms with Gasteiger partial charge in [0.1, 0.15) is 0 Å². The van der Waals surface area contributed by atoms with E-state index < -0.39 is 0 Å². The van der Waals surface area contributed by atoms with Gasteiger partial charge in [-0.25, -0.2) is 0 Å². The van der Waals surface area contributed by atoms with Gasteiger partial charge < -0.3 is 15.5 Å². The smallest absolute Gasteiger partial charge is 0.227 e. The highest BCUT2D eigenvalue weighted by atomic mass is 35.5. The van der Waals surface area contributed by atoms with Crippen LogP contribution in [0.3, 0.4) is 0 Å². The summed E-state index contributed by atoms with van der Waals surface area (Å²) in [5.74, 6) is 0.742. The number of nitrogens with zero attached hydrogens (tertiary/aromatic N) is 2. The summed E-state index contributed by atoms with van der Waals surface area (Å²) >= 11 is 0. The van der Waals surface area contributed by atoms with Crippen molar-refractivity contribution in [1.29, 1.82) is 0 Å². The van der Waals surface area contributed by atoms with Crippen LogP contribution in [0, 0.1) is 11.8 Å². The lowest BCUT2D eigenvalue weighted by molar-refractivity contribution is -0.137. The number of carbonyl (C=O) groups is 1. The Balaban J connectivity index is 0.00000312. The Labute approximate surface area is 171 Å². The second-order valence-electron chi connectivity index (χ2n) is 6.98. The Morgan fingerprint density at radius 3 is 2.19 bits per heavy atom. The molecular weight excluding hydrogens is 369 g/mol. The second-order valence-corrected chi connectivity index (χ2v) is 6.98. The summed E-state index contributed by atoms with van der Waals surface area (Å²) in [5, 5.41) is 0. The fraction of sp³-hybridized carbons (Fsp3) is 0.650. The quantitative estimate of drug-likeness (QED) is 0.753. The summed E-state index contributed by atoms with van der Waals surface area (Å²) in [6.07, 6.45) is 2.21. The minimum absolute atomic E-state index is 0. The molecule has 1 aromatic rings. The number of likely N-dealkylation sites (tertiary alicyclic amines) is 1. The summed E-state index contributed by atoms with van der Waals surface area (Å²) in [5.41, 5.74) is 7.36. The molecule has 150 valence electrons. The monoisotopic (exact) mass is 403 g/mol. The Morgan fingerprint density at radius 2 is 1.69 bits per heavy atom. The molecule has 4 nitrogen and oxygen atoms in total. The van der Waals surface area contributed by atoms with E-state index in [1.165, 1.54) is 0 Å². The maximum Gasteiger partial charge on any atom is 0.227 e. The van der Waals surface area contributed by atoms with Gasteiger partial charge in [-0.1, -0.05) is 51.1 Å². The number of hydrogen-bond donors (Lipinski definition) is 1. The number of hydrogen-bond acceptors (Lipinski definition) is 3. The summed E-state index contributed by atoms with van der Waals surface area (Å²) < 4.78 is 0. The summed E-state index contributed by atoms with van der Waals surface area (Å²) in [7, 11) is 0. The van der Waals surface area contributed by atoms with Gasteiger partial charge in [-0.15, -0.1) is 24.8 Å². The Kier molecular flexibility index (Phi) is 12.2. The normalized spacial score (nSPS) is 17.2. The van der Waals surface area contributed by atoms with Crippen molar-refractivity contribution >= 4 is 30.7 Å². The molecule has 0 aliphatic carbocycles. The number of benzene rings is 1. The molecule has 2 unspecified atom stereocenters. The molecule has 1 heterocycles. The molecule has 0 radical (unpaired) electrons. The van der Waals surface area contributed by atoms with Gasteiger partial charge in [0.25, 0.3) is 0 Å². The summed E-state index contributed by atoms with van der Waals surface area (Å²) in [4.78, 5) is 17.3. The van der Waals surface area contributed by atoms with Crippen molar-refractivity contribution in [2.24, 2.45) is 17.6 Å². The highest BCUT2D eigenvalue weighted by Gasteiger charge is 2.29. The van der Waals surface area contributed by atoms with Crippen LogP contribution in [0.2, 0.25) is 0 Å². The minimum atomic E-state index is -0.230. The zero-order valence-electron chi connectivity index (χ0n) is 16.3. The van der Waals surface area contributed by atoms with Crippen molar-refractivity contribution in [3.63, 3.8) is 0 Å². The average Bonchev–Trinajstić information content (AvgIpc) is 2.65. The molecule has 2 rings (SSSR count). The number of piperidine rings is 1. The highest BCUT2D eigenvalue weighted by Crippen LogP contribution is 2.24. The average molecular weight is 404 g/mol. The van der Waals surface area contributed by atoms with Crippen LogP contribution in [0.4, 0.5) is 0 Å². The maximum absolute atomic E-state index is 12.8. The van der Waals surface area contributed by atoms with Crippen LogP contribution in [-0.4, -0.2) is 48.4 Å². The third kappa shape index (κ3) is 6.73. The molecule has 2 atom stereocenters. The van der Waals surface area contributed by atoms with Crippen molar-refractivity contribution in [2.75, 3.05) is 32.7 Å². The molecule has 26 heavy (non-hydrogen) atoms. The fourth-order valence-electron chi connectivity index (χ4n) is 3.59. The molecule has 1 amide bonds. The van der Waals surface area contributed by atoms with Gasteiger partial charge in [-0.05, 0) is 37.4 Å². The van der Waals surface area contributed by atoms with E-state index in [0.717, 1.165) is 51.1 Å². The minimum Gasteiger partial charge on any atom is -0.342 e. The lowest BCUT2D eigenvalue weighted by atomic mass is 9.91. The molecule has 1 aliphatic rings. The number of rotatable bonds is 7. The Bertz CT molecular complexity index is 503. The van der Waals surface area contributed by atoms with Crippen molar-refractivity contribution in [1.82, 2.24) is 9.80 Å². The van der Waals surface area contributed by atoms with Gasteiger partial charge >= 0.3 is 0 Å². The zero-order chi connectivity index (χ0) is 17.5. The van der Waals surface area contributed by atoms with Crippen LogP contribution in [0.15, 0.2) is 30.3 Å². The van der Waals surface area contributed by atoms with Crippen LogP contribution >= 0.6 is 24.8 Å². The van der Waals surface area contributed by atoms with E-state index in [1.807, 2.05) is 42.2 Å². The first-order valence-corrected chi connectivity index (χ1v) is 9.38. The summed E-state index contributed by atoms with van der Waals surface area (Å²) in [6, 6.07) is 9.71. The largest absolute Gasteiger partial charge is 0.342 e. The zero-order valence-corrected chi connectivity index (χ0v) is 17.9. The maximum atomic E-state index is 12.8. The van der Waals surface area contributed by atoms with E-state index in [4.69, 9.17) is 5.73 Å². The van der Waals surface area contributed by atoms with E-state index in [9.17, 15) is 4.79 Å². The Morgan fingerprint density at radius 1 is 1.15 bits per heavy atom. The molecule has 0 bridgehead atoms. The molecule has 1 saturated heterocycles. The third-order valence-electron chi connectivity index (χ3n) is 5.45. The van der Waals surface area contributed by atoms with Gasteiger partial charge in [-0.2, -0.15) is 0 Å². The van der Waals surface area contributed by atoms with E-state index >= 15 is 0 Å². The van der Waals surface area contributed by atoms with Gasteiger partial charge in [0.15, 0.2) is 0 Å². The van der Waals surface area contributed by atoms with E-state index in [1.54, 1.807) is 0 Å². The topological polar surface area (TPSA) is 49.6 Å². The summed E-state index contributed by atoms with van der Waals surface area (Å²) in [6.45, 7) is 11.5. The van der Waals surface area contributed by atoms with E-state index in [0.29, 0.717) is 5.92 Å². The van der Waals surface area contributed by atoms with Gasteiger partial charge in [0.05, 0.1) is 5.92 Å². The molecule has 6 heteroatoms. The highest BCUT2D eigenvalue weighted by molar-refractivity contribution is 5.85.